The summed E-state index contributed by atoms with van der Waals surface area (Å²) in [5.41, 5.74) is 1.99. The molecule has 14 heteroatoms. The van der Waals surface area contributed by atoms with E-state index in [0.29, 0.717) is 16.7 Å². The molecule has 2 N–H and O–H groups in total. The Bertz CT molecular complexity index is 1440. The van der Waals surface area contributed by atoms with Gasteiger partial charge in [-0.2, -0.15) is 9.05 Å². The maximum Gasteiger partial charge on any atom is 0.286 e. The highest BCUT2D eigenvalue weighted by molar-refractivity contribution is 8.35. The molecule has 1 fully saturated rings. The van der Waals surface area contributed by atoms with Gasteiger partial charge in [0.15, 0.2) is 17.0 Å². The molecule has 1 unspecified atom stereocenters. The van der Waals surface area contributed by atoms with E-state index >= 15 is 0 Å². The lowest BCUT2D eigenvalue weighted by molar-refractivity contribution is -0.212. The Morgan fingerprint density at radius 3 is 2.60 bits per heavy atom. The number of imidazole rings is 1. The second-order valence-corrected chi connectivity index (χ2v) is 11.8. The number of ether oxygens (including phenoxy) is 2. The predicted octanol–water partition coefficient (Wildman–Crippen LogP) is 2.55. The summed E-state index contributed by atoms with van der Waals surface area (Å²) >= 11 is 5.15. The van der Waals surface area contributed by atoms with Crippen LogP contribution in [0, 0.1) is 0 Å². The van der Waals surface area contributed by atoms with Crippen LogP contribution in [0.4, 0.5) is 5.82 Å². The van der Waals surface area contributed by atoms with E-state index in [4.69, 9.17) is 30.8 Å². The lowest BCUT2D eigenvalue weighted by Gasteiger charge is -2.25. The van der Waals surface area contributed by atoms with Crippen LogP contribution in [0.1, 0.15) is 29.9 Å². The number of nitrogens with zero attached hydrogens (tertiary/aromatic N) is 5. The van der Waals surface area contributed by atoms with Crippen molar-refractivity contribution in [1.29, 1.82) is 0 Å². The Balaban J connectivity index is 1.22. The number of fused-ring (bicyclic) bond motifs is 1. The summed E-state index contributed by atoms with van der Waals surface area (Å²) < 4.78 is 24.0. The Labute approximate surface area is 236 Å². The standard InChI is InChI=1S/C26H28N5O7PS/c1-35-20(17-8-4-2-5-9-17)13-36-39(34,40)37-14-21-19(32)12-22(38-21)31-16-29-23-24(27-15-28-25(23)31)30-26(33)18-10-6-3-7-11-18/h2-11,15-16,19-22,32H,12-14H2,1H3,(H,34,40)(H,27,28,30,33)/p-1/t19-,20-,21+,22+,39?/m0/s1. The van der Waals surface area contributed by atoms with Crippen molar-refractivity contribution in [3.63, 3.8) is 0 Å². The third-order valence-corrected chi connectivity index (χ3v) is 7.91. The molecule has 5 atom stereocenters. The molecule has 2 aromatic carbocycles. The number of aliphatic hydroxyl groups excluding tert-OH is 1. The summed E-state index contributed by atoms with van der Waals surface area (Å²) in [4.78, 5) is 27.4. The van der Waals surface area contributed by atoms with E-state index in [0.717, 1.165) is 5.56 Å². The van der Waals surface area contributed by atoms with Crippen molar-refractivity contribution in [3.8, 4) is 0 Å². The highest BCUT2D eigenvalue weighted by Gasteiger charge is 2.39. The van der Waals surface area contributed by atoms with Crippen LogP contribution >= 0.6 is 7.15 Å². The SMILES string of the molecule is CO[C@@H](CO[P+](O)([S-])OC[C@H]1O[C@@H](n2cnc3c(N=C([O-])c4ccccc4)ncnc32)C[C@@H]1O)c1ccccc1. The molecule has 0 bridgehead atoms. The molecule has 0 amide bonds. The number of hydrogen-bond donors (Lipinski definition) is 2. The number of methoxy groups -OCH3 is 1. The minimum atomic E-state index is -3.65. The summed E-state index contributed by atoms with van der Waals surface area (Å²) in [6, 6.07) is 18.0. The smallest absolute Gasteiger partial charge is 0.286 e. The Morgan fingerprint density at radius 1 is 1.15 bits per heavy atom. The highest BCUT2D eigenvalue weighted by atomic mass is 32.7. The number of aliphatic imine (C=N–C) groups is 1. The van der Waals surface area contributed by atoms with E-state index in [9.17, 15) is 15.1 Å². The number of hydrogen-bond acceptors (Lipinski definition) is 12. The summed E-state index contributed by atoms with van der Waals surface area (Å²) in [6.45, 7) is -0.200. The van der Waals surface area contributed by atoms with Crippen LogP contribution in [-0.2, 0) is 30.8 Å². The zero-order valence-electron chi connectivity index (χ0n) is 21.4. The largest absolute Gasteiger partial charge is 0.858 e. The fraction of sp³-hybridized carbons (Fsp3) is 0.308. The minimum Gasteiger partial charge on any atom is -0.858 e. The van der Waals surface area contributed by atoms with Gasteiger partial charge in [-0.05, 0) is 17.0 Å². The van der Waals surface area contributed by atoms with Gasteiger partial charge in [0.2, 0.25) is 0 Å². The number of benzene rings is 2. The zero-order chi connectivity index (χ0) is 28.1. The van der Waals surface area contributed by atoms with Gasteiger partial charge in [0.1, 0.15) is 38.0 Å². The summed E-state index contributed by atoms with van der Waals surface area (Å²) in [7, 11) is -2.11. The molecule has 0 spiro atoms. The predicted molar refractivity (Wildman–Crippen MR) is 147 cm³/mol. The van der Waals surface area contributed by atoms with Gasteiger partial charge in [0, 0.05) is 13.5 Å². The molecule has 1 saturated heterocycles. The normalized spacial score (nSPS) is 21.9. The number of aromatic nitrogens is 4. The fourth-order valence-corrected chi connectivity index (χ4v) is 5.34. The molecular formula is C26H27N5O7PS-. The van der Waals surface area contributed by atoms with Gasteiger partial charge in [-0.1, -0.05) is 60.7 Å². The van der Waals surface area contributed by atoms with Gasteiger partial charge in [0.05, 0.1) is 12.4 Å². The lowest BCUT2D eigenvalue weighted by atomic mass is 10.1. The topological polar surface area (TPSA) is 156 Å². The minimum absolute atomic E-state index is 0.00805. The Hall–Kier alpha value is -3.00. The molecule has 210 valence electrons. The van der Waals surface area contributed by atoms with Crippen molar-refractivity contribution in [1.82, 2.24) is 19.5 Å². The van der Waals surface area contributed by atoms with Crippen molar-refractivity contribution >= 4 is 42.3 Å². The molecular weight excluding hydrogens is 557 g/mol. The van der Waals surface area contributed by atoms with E-state index in [2.05, 4.69) is 19.9 Å². The maximum atomic E-state index is 12.6. The molecule has 4 aromatic rings. The van der Waals surface area contributed by atoms with Crippen molar-refractivity contribution in [3.05, 3.63) is 84.4 Å². The van der Waals surface area contributed by atoms with Crippen LogP contribution in [0.2, 0.25) is 0 Å². The summed E-state index contributed by atoms with van der Waals surface area (Å²) in [5, 5.41) is 23.2. The first kappa shape index (κ1) is 28.5. The van der Waals surface area contributed by atoms with Gasteiger partial charge in [-0.3, -0.25) is 4.57 Å². The molecule has 40 heavy (non-hydrogen) atoms. The van der Waals surface area contributed by atoms with Crippen LogP contribution in [0.3, 0.4) is 0 Å². The number of aliphatic hydroxyl groups is 1. The van der Waals surface area contributed by atoms with E-state index in [-0.39, 0.29) is 25.5 Å². The molecule has 3 heterocycles. The second kappa shape index (κ2) is 12.7. The van der Waals surface area contributed by atoms with E-state index in [1.165, 1.54) is 19.8 Å². The van der Waals surface area contributed by atoms with Gasteiger partial charge in [-0.25, -0.2) is 24.8 Å². The zero-order valence-corrected chi connectivity index (χ0v) is 23.1. The van der Waals surface area contributed by atoms with E-state index < -0.39 is 37.6 Å². The first-order chi connectivity index (χ1) is 19.3. The van der Waals surface area contributed by atoms with Crippen molar-refractivity contribution in [2.24, 2.45) is 4.99 Å². The van der Waals surface area contributed by atoms with Gasteiger partial charge in [0.25, 0.3) is 7.15 Å². The molecule has 0 saturated carbocycles. The van der Waals surface area contributed by atoms with Gasteiger partial charge < -0.3 is 31.9 Å². The lowest BCUT2D eigenvalue weighted by Crippen LogP contribution is -2.26. The quantitative estimate of drug-likeness (QED) is 0.116. The maximum absolute atomic E-state index is 12.6. The summed E-state index contributed by atoms with van der Waals surface area (Å²) in [6.07, 6.45) is 0.180. The third-order valence-electron chi connectivity index (χ3n) is 6.33. The highest BCUT2D eigenvalue weighted by Crippen LogP contribution is 2.55. The first-order valence-corrected chi connectivity index (χ1v) is 15.0. The third kappa shape index (κ3) is 6.65. The average molecular weight is 585 g/mol. The Kier molecular flexibility index (Phi) is 9.03. The number of rotatable bonds is 11. The average Bonchev–Trinajstić information content (AvgIpc) is 3.57. The molecule has 5 rings (SSSR count). The van der Waals surface area contributed by atoms with Crippen LogP contribution in [0.5, 0.6) is 0 Å². The van der Waals surface area contributed by atoms with E-state index in [1.54, 1.807) is 28.8 Å². The van der Waals surface area contributed by atoms with Crippen molar-refractivity contribution in [2.75, 3.05) is 20.3 Å². The van der Waals surface area contributed by atoms with Gasteiger partial charge >= 0.3 is 0 Å². The van der Waals surface area contributed by atoms with Crippen LogP contribution in [0.25, 0.3) is 11.2 Å². The fourth-order valence-electron chi connectivity index (χ4n) is 4.24. The van der Waals surface area contributed by atoms with Gasteiger partial charge in [-0.15, -0.1) is 0 Å². The molecule has 0 radical (unpaired) electrons. The molecule has 12 nitrogen and oxygen atoms in total. The molecule has 0 aliphatic carbocycles. The second-order valence-electron chi connectivity index (χ2n) is 8.93. The van der Waals surface area contributed by atoms with Crippen LogP contribution in [0.15, 0.2) is 78.3 Å². The molecule has 1 aliphatic heterocycles. The van der Waals surface area contributed by atoms with Crippen LogP contribution < -0.4 is 5.11 Å². The van der Waals surface area contributed by atoms with E-state index in [1.807, 2.05) is 36.4 Å². The van der Waals surface area contributed by atoms with Crippen LogP contribution in [-0.4, -0.2) is 67.9 Å². The molecule has 2 aromatic heterocycles. The van der Waals surface area contributed by atoms with Crippen molar-refractivity contribution < 1.29 is 33.6 Å². The molecule has 1 aliphatic rings. The van der Waals surface area contributed by atoms with Crippen molar-refractivity contribution in [2.45, 2.75) is 31.0 Å². The Morgan fingerprint density at radius 2 is 1.88 bits per heavy atom. The monoisotopic (exact) mass is 584 g/mol. The summed E-state index contributed by atoms with van der Waals surface area (Å²) in [5.74, 6) is -0.332. The first-order valence-electron chi connectivity index (χ1n) is 12.4.